The maximum atomic E-state index is 3.85. The molecule has 3 rings (SSSR count). The summed E-state index contributed by atoms with van der Waals surface area (Å²) in [6.07, 6.45) is 1.01. The summed E-state index contributed by atoms with van der Waals surface area (Å²) < 4.78 is 0. The van der Waals surface area contributed by atoms with E-state index >= 15 is 0 Å². The summed E-state index contributed by atoms with van der Waals surface area (Å²) in [6, 6.07) is 22.0. The summed E-state index contributed by atoms with van der Waals surface area (Å²) in [7, 11) is 0. The lowest BCUT2D eigenvalue weighted by Gasteiger charge is -2.13. The summed E-state index contributed by atoms with van der Waals surface area (Å²) in [5.74, 6) is 0. The lowest BCUT2D eigenvalue weighted by molar-refractivity contribution is 0.947. The Morgan fingerprint density at radius 2 is 1.57 bits per heavy atom. The molecule has 21 heavy (non-hydrogen) atoms. The Labute approximate surface area is 134 Å². The van der Waals surface area contributed by atoms with E-state index in [1.807, 2.05) is 0 Å². The summed E-state index contributed by atoms with van der Waals surface area (Å²) >= 11 is 3.85. The molecule has 0 aromatic heterocycles. The molecule has 106 valence electrons. The van der Waals surface area contributed by atoms with Crippen molar-refractivity contribution in [2.24, 2.45) is 0 Å². The van der Waals surface area contributed by atoms with Gasteiger partial charge in [0.15, 0.2) is 0 Å². The van der Waals surface area contributed by atoms with Crippen molar-refractivity contribution in [1.29, 1.82) is 0 Å². The average molecular weight is 339 g/mol. The molecule has 0 aliphatic rings. The van der Waals surface area contributed by atoms with Crippen molar-refractivity contribution in [3.8, 4) is 0 Å². The molecule has 0 spiro atoms. The number of aryl methyl sites for hydroxylation is 2. The molecule has 0 N–H and O–H groups in total. The van der Waals surface area contributed by atoms with Crippen molar-refractivity contribution in [3.63, 3.8) is 0 Å². The Balaban J connectivity index is 1.85. The second-order valence-corrected chi connectivity index (χ2v) is 6.80. The quantitative estimate of drug-likeness (QED) is 0.503. The topological polar surface area (TPSA) is 0 Å². The molecular formula is C20H19Br. The first kappa shape index (κ1) is 14.3. The Morgan fingerprint density at radius 1 is 0.810 bits per heavy atom. The van der Waals surface area contributed by atoms with Gasteiger partial charge in [-0.3, -0.25) is 0 Å². The number of rotatable bonds is 3. The van der Waals surface area contributed by atoms with Crippen molar-refractivity contribution < 1.29 is 0 Å². The van der Waals surface area contributed by atoms with Crippen LogP contribution in [0.3, 0.4) is 0 Å². The van der Waals surface area contributed by atoms with Crippen LogP contribution < -0.4 is 0 Å². The fourth-order valence-electron chi connectivity index (χ4n) is 2.65. The predicted octanol–water partition coefficient (Wildman–Crippen LogP) is 6.14. The third-order valence-corrected chi connectivity index (χ3v) is 4.97. The van der Waals surface area contributed by atoms with Gasteiger partial charge < -0.3 is 0 Å². The standard InChI is InChI=1S/C20H19Br/c1-14-7-9-19(11-15(14)2)20(21)13-16-8-10-17-5-3-4-6-18(17)12-16/h3-12,20H,13H2,1-2H3. The number of fused-ring (bicyclic) bond motifs is 1. The maximum Gasteiger partial charge on any atom is 0.0435 e. The fraction of sp³-hybridized carbons (Fsp3) is 0.200. The van der Waals surface area contributed by atoms with Gasteiger partial charge in [-0.15, -0.1) is 0 Å². The van der Waals surface area contributed by atoms with E-state index in [9.17, 15) is 0 Å². The summed E-state index contributed by atoms with van der Waals surface area (Å²) in [5, 5.41) is 2.62. The fourth-order valence-corrected chi connectivity index (χ4v) is 3.31. The van der Waals surface area contributed by atoms with E-state index in [4.69, 9.17) is 0 Å². The van der Waals surface area contributed by atoms with Gasteiger partial charge >= 0.3 is 0 Å². The zero-order chi connectivity index (χ0) is 14.8. The molecule has 0 amide bonds. The van der Waals surface area contributed by atoms with Crippen LogP contribution in [0.2, 0.25) is 0 Å². The maximum absolute atomic E-state index is 3.85. The Bertz CT molecular complexity index is 774. The third-order valence-electron chi connectivity index (χ3n) is 4.12. The molecule has 1 heteroatoms. The van der Waals surface area contributed by atoms with E-state index in [0.29, 0.717) is 4.83 Å². The molecule has 0 bridgehead atoms. The summed E-state index contributed by atoms with van der Waals surface area (Å²) in [5.41, 5.74) is 5.43. The minimum atomic E-state index is 0.359. The van der Waals surface area contributed by atoms with Crippen LogP contribution in [-0.2, 0) is 6.42 Å². The van der Waals surface area contributed by atoms with Gasteiger partial charge in [-0.2, -0.15) is 0 Å². The van der Waals surface area contributed by atoms with Gasteiger partial charge in [0.05, 0.1) is 0 Å². The molecule has 0 radical (unpaired) electrons. The Morgan fingerprint density at radius 3 is 2.33 bits per heavy atom. The number of hydrogen-bond donors (Lipinski definition) is 0. The molecule has 0 aliphatic heterocycles. The van der Waals surface area contributed by atoms with Gasteiger partial charge in [-0.25, -0.2) is 0 Å². The highest BCUT2D eigenvalue weighted by Crippen LogP contribution is 2.29. The van der Waals surface area contributed by atoms with Gasteiger partial charge in [-0.05, 0) is 53.3 Å². The highest BCUT2D eigenvalue weighted by Gasteiger charge is 2.09. The number of halogens is 1. The molecule has 0 saturated heterocycles. The van der Waals surface area contributed by atoms with Gasteiger partial charge in [0.1, 0.15) is 0 Å². The van der Waals surface area contributed by atoms with E-state index in [1.54, 1.807) is 0 Å². The van der Waals surface area contributed by atoms with Gasteiger partial charge in [0, 0.05) is 4.83 Å². The monoisotopic (exact) mass is 338 g/mol. The van der Waals surface area contributed by atoms with Gasteiger partial charge in [-0.1, -0.05) is 76.6 Å². The largest absolute Gasteiger partial charge is 0.0835 e. The van der Waals surface area contributed by atoms with Crippen LogP contribution in [0.1, 0.15) is 27.1 Å². The molecule has 0 aliphatic carbocycles. The second kappa shape index (κ2) is 6.03. The Hall–Kier alpha value is -1.60. The molecule has 3 aromatic rings. The predicted molar refractivity (Wildman–Crippen MR) is 95.2 cm³/mol. The Kier molecular flexibility index (Phi) is 4.12. The molecule has 0 saturated carbocycles. The zero-order valence-corrected chi connectivity index (χ0v) is 14.0. The van der Waals surface area contributed by atoms with Crippen LogP contribution in [0.4, 0.5) is 0 Å². The smallest absolute Gasteiger partial charge is 0.0435 e. The van der Waals surface area contributed by atoms with Crippen LogP contribution >= 0.6 is 15.9 Å². The molecule has 0 nitrogen and oxygen atoms in total. The van der Waals surface area contributed by atoms with Gasteiger partial charge in [0.2, 0.25) is 0 Å². The van der Waals surface area contributed by atoms with Crippen LogP contribution in [0.15, 0.2) is 60.7 Å². The van der Waals surface area contributed by atoms with Crippen LogP contribution in [0.5, 0.6) is 0 Å². The highest BCUT2D eigenvalue weighted by atomic mass is 79.9. The van der Waals surface area contributed by atoms with Crippen LogP contribution in [-0.4, -0.2) is 0 Å². The van der Waals surface area contributed by atoms with Gasteiger partial charge in [0.25, 0.3) is 0 Å². The summed E-state index contributed by atoms with van der Waals surface area (Å²) in [6.45, 7) is 4.33. The first-order valence-electron chi connectivity index (χ1n) is 7.32. The zero-order valence-electron chi connectivity index (χ0n) is 12.4. The molecule has 0 heterocycles. The first-order chi connectivity index (χ1) is 10.1. The molecular weight excluding hydrogens is 320 g/mol. The number of benzene rings is 3. The van der Waals surface area contributed by atoms with E-state index in [2.05, 4.69) is 90.4 Å². The molecule has 1 atom stereocenters. The van der Waals surface area contributed by atoms with E-state index in [-0.39, 0.29) is 0 Å². The lowest BCUT2D eigenvalue weighted by atomic mass is 9.99. The highest BCUT2D eigenvalue weighted by molar-refractivity contribution is 9.09. The van der Waals surface area contributed by atoms with Crippen molar-refractivity contribution in [2.45, 2.75) is 25.1 Å². The average Bonchev–Trinajstić information content (AvgIpc) is 2.50. The van der Waals surface area contributed by atoms with Crippen molar-refractivity contribution >= 4 is 26.7 Å². The number of alkyl halides is 1. The van der Waals surface area contributed by atoms with Crippen LogP contribution in [0.25, 0.3) is 10.8 Å². The van der Waals surface area contributed by atoms with E-state index in [1.165, 1.54) is 33.0 Å². The first-order valence-corrected chi connectivity index (χ1v) is 8.24. The minimum absolute atomic E-state index is 0.359. The minimum Gasteiger partial charge on any atom is -0.0835 e. The number of hydrogen-bond acceptors (Lipinski definition) is 0. The third kappa shape index (κ3) is 3.19. The van der Waals surface area contributed by atoms with Crippen molar-refractivity contribution in [1.82, 2.24) is 0 Å². The molecule has 3 aromatic carbocycles. The van der Waals surface area contributed by atoms with Crippen molar-refractivity contribution in [2.75, 3.05) is 0 Å². The molecule has 0 fully saturated rings. The SMILES string of the molecule is Cc1ccc(C(Br)Cc2ccc3ccccc3c2)cc1C. The molecule has 1 unspecified atom stereocenters. The van der Waals surface area contributed by atoms with E-state index in [0.717, 1.165) is 6.42 Å². The lowest BCUT2D eigenvalue weighted by Crippen LogP contribution is -1.97. The summed E-state index contributed by atoms with van der Waals surface area (Å²) in [4.78, 5) is 0.359. The van der Waals surface area contributed by atoms with E-state index < -0.39 is 0 Å². The van der Waals surface area contributed by atoms with Crippen LogP contribution in [0, 0.1) is 13.8 Å². The van der Waals surface area contributed by atoms with Crippen molar-refractivity contribution in [3.05, 3.63) is 82.9 Å². The normalized spacial score (nSPS) is 12.5. The second-order valence-electron chi connectivity index (χ2n) is 5.70.